The number of benzene rings is 1. The van der Waals surface area contributed by atoms with Crippen LogP contribution in [-0.4, -0.2) is 25.0 Å². The second-order valence-electron chi connectivity index (χ2n) is 10.6. The molecule has 5 nitrogen and oxygen atoms in total. The standard InChI is InChI=1S/C24H32N2O3/c1-4-26-19-6-5-18(10-20(19)29-14-23(2,3)22(26)28)25-21(27)24-11-15-7-16(12-24)9-17(8-15)13-24/h5-6,10,15-17H,4,7-9,11-14H2,1-3H3,(H,25,27). The summed E-state index contributed by atoms with van der Waals surface area (Å²) in [6.45, 7) is 6.74. The maximum atomic E-state index is 13.4. The zero-order valence-corrected chi connectivity index (χ0v) is 17.8. The number of nitrogens with zero attached hydrogens (tertiary/aromatic N) is 1. The molecule has 4 saturated carbocycles. The number of carbonyl (C=O) groups is 2. The van der Waals surface area contributed by atoms with Crippen molar-refractivity contribution in [3.8, 4) is 5.75 Å². The van der Waals surface area contributed by atoms with Crippen molar-refractivity contribution in [2.24, 2.45) is 28.6 Å². The van der Waals surface area contributed by atoms with Crippen LogP contribution in [0.2, 0.25) is 0 Å². The molecule has 1 aromatic rings. The SMILES string of the molecule is CCN1C(=O)C(C)(C)COc2cc(NC(=O)C34CC5CC(CC(C5)C3)C4)ccc21. The number of fused-ring (bicyclic) bond motifs is 1. The van der Waals surface area contributed by atoms with Crippen LogP contribution in [0.25, 0.3) is 0 Å². The first-order chi connectivity index (χ1) is 13.8. The van der Waals surface area contributed by atoms with Crippen LogP contribution in [0.15, 0.2) is 18.2 Å². The lowest BCUT2D eigenvalue weighted by Gasteiger charge is -2.55. The van der Waals surface area contributed by atoms with E-state index in [0.29, 0.717) is 18.9 Å². The van der Waals surface area contributed by atoms with Crippen molar-refractivity contribution < 1.29 is 14.3 Å². The Hall–Kier alpha value is -2.04. The minimum Gasteiger partial charge on any atom is -0.490 e. The molecule has 0 saturated heterocycles. The molecule has 2 amide bonds. The van der Waals surface area contributed by atoms with E-state index in [1.54, 1.807) is 4.90 Å². The highest BCUT2D eigenvalue weighted by Gasteiger charge is 2.54. The predicted octanol–water partition coefficient (Wildman–Crippen LogP) is 4.61. The molecule has 0 radical (unpaired) electrons. The number of ether oxygens (including phenoxy) is 1. The van der Waals surface area contributed by atoms with Crippen LogP contribution in [0.5, 0.6) is 5.75 Å². The summed E-state index contributed by atoms with van der Waals surface area (Å²) in [4.78, 5) is 28.0. The van der Waals surface area contributed by atoms with Crippen molar-refractivity contribution in [2.75, 3.05) is 23.4 Å². The molecule has 29 heavy (non-hydrogen) atoms. The van der Waals surface area contributed by atoms with Crippen molar-refractivity contribution >= 4 is 23.2 Å². The van der Waals surface area contributed by atoms with Gasteiger partial charge in [-0.1, -0.05) is 0 Å². The van der Waals surface area contributed by atoms with Gasteiger partial charge < -0.3 is 15.0 Å². The van der Waals surface area contributed by atoms with Gasteiger partial charge in [0.2, 0.25) is 11.8 Å². The van der Waals surface area contributed by atoms with E-state index in [1.165, 1.54) is 19.3 Å². The first-order valence-corrected chi connectivity index (χ1v) is 11.2. The summed E-state index contributed by atoms with van der Waals surface area (Å²) >= 11 is 0. The Morgan fingerprint density at radius 3 is 2.34 bits per heavy atom. The Labute approximate surface area is 173 Å². The molecular weight excluding hydrogens is 364 g/mol. The van der Waals surface area contributed by atoms with Crippen molar-refractivity contribution in [1.82, 2.24) is 0 Å². The first-order valence-electron chi connectivity index (χ1n) is 11.2. The fourth-order valence-corrected chi connectivity index (χ4v) is 6.69. The molecule has 5 heteroatoms. The average molecular weight is 397 g/mol. The van der Waals surface area contributed by atoms with Gasteiger partial charge >= 0.3 is 0 Å². The molecule has 6 rings (SSSR count). The fourth-order valence-electron chi connectivity index (χ4n) is 6.69. The highest BCUT2D eigenvalue weighted by atomic mass is 16.5. The second-order valence-corrected chi connectivity index (χ2v) is 10.6. The molecule has 1 aromatic carbocycles. The maximum absolute atomic E-state index is 13.4. The van der Waals surface area contributed by atoms with Crippen molar-refractivity contribution in [3.05, 3.63) is 18.2 Å². The van der Waals surface area contributed by atoms with Crippen LogP contribution in [0.1, 0.15) is 59.3 Å². The van der Waals surface area contributed by atoms with Gasteiger partial charge in [-0.3, -0.25) is 9.59 Å². The highest BCUT2D eigenvalue weighted by molar-refractivity contribution is 6.00. The lowest BCUT2D eigenvalue weighted by molar-refractivity contribution is -0.140. The predicted molar refractivity (Wildman–Crippen MR) is 113 cm³/mol. The van der Waals surface area contributed by atoms with Gasteiger partial charge in [-0.2, -0.15) is 0 Å². The third-order valence-electron chi connectivity index (χ3n) is 7.76. The molecule has 4 fully saturated rings. The third-order valence-corrected chi connectivity index (χ3v) is 7.76. The number of rotatable bonds is 3. The lowest BCUT2D eigenvalue weighted by Crippen LogP contribution is -2.51. The first kappa shape index (κ1) is 19.0. The number of anilines is 2. The fraction of sp³-hybridized carbons (Fsp3) is 0.667. The highest BCUT2D eigenvalue weighted by Crippen LogP contribution is 2.60. The summed E-state index contributed by atoms with van der Waals surface area (Å²) in [7, 11) is 0. The van der Waals surface area contributed by atoms with Crippen LogP contribution < -0.4 is 15.0 Å². The van der Waals surface area contributed by atoms with E-state index in [1.807, 2.05) is 39.0 Å². The van der Waals surface area contributed by atoms with Crippen LogP contribution in [0.3, 0.4) is 0 Å². The van der Waals surface area contributed by atoms with Crippen molar-refractivity contribution in [2.45, 2.75) is 59.3 Å². The molecule has 4 aliphatic carbocycles. The topological polar surface area (TPSA) is 58.6 Å². The minimum atomic E-state index is -0.572. The third kappa shape index (κ3) is 3.04. The molecule has 0 aromatic heterocycles. The maximum Gasteiger partial charge on any atom is 0.236 e. The molecule has 5 aliphatic rings. The molecule has 0 spiro atoms. The van der Waals surface area contributed by atoms with E-state index in [0.717, 1.165) is 48.4 Å². The van der Waals surface area contributed by atoms with Gasteiger partial charge in [0.25, 0.3) is 0 Å². The molecule has 156 valence electrons. The van der Waals surface area contributed by atoms with E-state index in [2.05, 4.69) is 5.32 Å². The average Bonchev–Trinajstić information content (AvgIpc) is 2.75. The molecule has 0 atom stereocenters. The zero-order valence-electron chi connectivity index (χ0n) is 17.8. The number of amides is 2. The van der Waals surface area contributed by atoms with Gasteiger partial charge in [0.1, 0.15) is 12.4 Å². The van der Waals surface area contributed by atoms with Crippen LogP contribution in [-0.2, 0) is 9.59 Å². The molecule has 0 unspecified atom stereocenters. The van der Waals surface area contributed by atoms with E-state index in [9.17, 15) is 9.59 Å². The van der Waals surface area contributed by atoms with E-state index >= 15 is 0 Å². The van der Waals surface area contributed by atoms with Gasteiger partial charge in [-0.15, -0.1) is 0 Å². The van der Waals surface area contributed by atoms with Gasteiger partial charge in [0, 0.05) is 18.3 Å². The summed E-state index contributed by atoms with van der Waals surface area (Å²) < 4.78 is 6.02. The van der Waals surface area contributed by atoms with Gasteiger partial charge in [0.05, 0.1) is 16.5 Å². The number of hydrogen-bond acceptors (Lipinski definition) is 3. The second kappa shape index (κ2) is 6.48. The number of nitrogens with one attached hydrogen (secondary N) is 1. The summed E-state index contributed by atoms with van der Waals surface area (Å²) in [6.07, 6.45) is 7.15. The quantitative estimate of drug-likeness (QED) is 0.811. The summed E-state index contributed by atoms with van der Waals surface area (Å²) in [6, 6.07) is 5.72. The Balaban J connectivity index is 1.39. The van der Waals surface area contributed by atoms with Gasteiger partial charge in [0.15, 0.2) is 0 Å². The van der Waals surface area contributed by atoms with Crippen LogP contribution >= 0.6 is 0 Å². The van der Waals surface area contributed by atoms with Crippen LogP contribution in [0.4, 0.5) is 11.4 Å². The Bertz CT molecular complexity index is 824. The monoisotopic (exact) mass is 396 g/mol. The Morgan fingerprint density at radius 2 is 1.76 bits per heavy atom. The van der Waals surface area contributed by atoms with E-state index in [4.69, 9.17) is 4.74 Å². The van der Waals surface area contributed by atoms with E-state index in [-0.39, 0.29) is 17.2 Å². The molecule has 1 heterocycles. The minimum absolute atomic E-state index is 0.0732. The van der Waals surface area contributed by atoms with Crippen LogP contribution in [0, 0.1) is 28.6 Å². The normalized spacial score (nSPS) is 34.4. The molecule has 4 bridgehead atoms. The van der Waals surface area contributed by atoms with Crippen molar-refractivity contribution in [3.63, 3.8) is 0 Å². The number of carbonyl (C=O) groups excluding carboxylic acids is 2. The zero-order chi connectivity index (χ0) is 20.4. The molecule has 1 aliphatic heterocycles. The smallest absolute Gasteiger partial charge is 0.236 e. The Morgan fingerprint density at radius 1 is 1.14 bits per heavy atom. The number of hydrogen-bond donors (Lipinski definition) is 1. The van der Waals surface area contributed by atoms with Gasteiger partial charge in [-0.25, -0.2) is 0 Å². The summed E-state index contributed by atoms with van der Waals surface area (Å²) in [5, 5.41) is 3.21. The van der Waals surface area contributed by atoms with Gasteiger partial charge in [-0.05, 0) is 89.2 Å². The molecular formula is C24H32N2O3. The lowest BCUT2D eigenvalue weighted by atomic mass is 9.49. The largest absolute Gasteiger partial charge is 0.490 e. The summed E-state index contributed by atoms with van der Waals surface area (Å²) in [5.74, 6) is 3.17. The summed E-state index contributed by atoms with van der Waals surface area (Å²) in [5.41, 5.74) is 0.816. The Kier molecular flexibility index (Phi) is 4.24. The molecule has 1 N–H and O–H groups in total. The van der Waals surface area contributed by atoms with Crippen molar-refractivity contribution in [1.29, 1.82) is 0 Å². The van der Waals surface area contributed by atoms with E-state index < -0.39 is 5.41 Å².